The zero-order chi connectivity index (χ0) is 10.7. The minimum atomic E-state index is 0.729. The minimum absolute atomic E-state index is 0.729. The van der Waals surface area contributed by atoms with Crippen LogP contribution in [0, 0.1) is 0 Å². The van der Waals surface area contributed by atoms with Gasteiger partial charge in [0.1, 0.15) is 0 Å². The Hall–Kier alpha value is -1.20. The van der Waals surface area contributed by atoms with Gasteiger partial charge in [-0.15, -0.1) is 0 Å². The Labute approximate surface area is 96.2 Å². The predicted octanol–water partition coefficient (Wildman–Crippen LogP) is 1.73. The highest BCUT2D eigenvalue weighted by Crippen LogP contribution is 2.03. The number of nitrogens with one attached hydrogen (secondary N) is 1. The first-order valence-corrected chi connectivity index (χ1v) is 5.37. The third-order valence-corrected chi connectivity index (χ3v) is 2.27. The van der Waals surface area contributed by atoms with E-state index in [-0.39, 0.29) is 0 Å². The average molecular weight is 267 g/mol. The molecule has 0 aromatic carbocycles. The second-order valence-corrected chi connectivity index (χ2v) is 4.28. The lowest BCUT2D eigenvalue weighted by Gasteiger charge is -2.02. The molecule has 15 heavy (non-hydrogen) atoms. The smallest absolute Gasteiger partial charge is 0.233 e. The molecule has 0 atom stereocenters. The molecule has 0 amide bonds. The number of hydrogen-bond acceptors (Lipinski definition) is 3. The van der Waals surface area contributed by atoms with Crippen LogP contribution in [0.3, 0.4) is 0 Å². The van der Waals surface area contributed by atoms with E-state index in [9.17, 15) is 0 Å². The van der Waals surface area contributed by atoms with Crippen molar-refractivity contribution in [3.05, 3.63) is 41.4 Å². The molecule has 0 aliphatic rings. The number of hydrogen-bond donors (Lipinski definition) is 1. The molecule has 2 aromatic heterocycles. The maximum absolute atomic E-state index is 4.19. The van der Waals surface area contributed by atoms with Crippen LogP contribution in [0.15, 0.2) is 35.7 Å². The van der Waals surface area contributed by atoms with Gasteiger partial charge in [-0.1, -0.05) is 22.5 Å². The van der Waals surface area contributed by atoms with Gasteiger partial charge in [-0.3, -0.25) is 4.40 Å². The number of aromatic nitrogens is 3. The predicted molar refractivity (Wildman–Crippen MR) is 62.8 cm³/mol. The van der Waals surface area contributed by atoms with E-state index < -0.39 is 0 Å². The Morgan fingerprint density at radius 3 is 3.20 bits per heavy atom. The molecule has 1 N–H and O–H groups in total. The van der Waals surface area contributed by atoms with Gasteiger partial charge in [0.05, 0.1) is 11.9 Å². The van der Waals surface area contributed by atoms with E-state index in [1.807, 2.05) is 22.9 Å². The van der Waals surface area contributed by atoms with Gasteiger partial charge in [0, 0.05) is 30.0 Å². The Morgan fingerprint density at radius 1 is 1.53 bits per heavy atom. The number of nitrogens with zero attached hydrogens (tertiary/aromatic N) is 3. The fourth-order valence-corrected chi connectivity index (χ4v) is 1.53. The summed E-state index contributed by atoms with van der Waals surface area (Å²) in [5, 5.41) is 3.24. The maximum atomic E-state index is 4.19. The fourth-order valence-electron chi connectivity index (χ4n) is 1.33. The zero-order valence-corrected chi connectivity index (χ0v) is 9.74. The molecule has 0 spiro atoms. The van der Waals surface area contributed by atoms with Crippen molar-refractivity contribution in [2.45, 2.75) is 6.54 Å². The normalized spacial score (nSPS) is 10.7. The summed E-state index contributed by atoms with van der Waals surface area (Å²) in [6.07, 6.45) is 5.52. The van der Waals surface area contributed by atoms with Crippen LogP contribution in [0.2, 0.25) is 0 Å². The zero-order valence-electron chi connectivity index (χ0n) is 8.15. The van der Waals surface area contributed by atoms with Crippen molar-refractivity contribution in [3.63, 3.8) is 0 Å². The quantitative estimate of drug-likeness (QED) is 0.917. The van der Waals surface area contributed by atoms with Gasteiger partial charge in [0.25, 0.3) is 0 Å². The largest absolute Gasteiger partial charge is 0.307 e. The number of rotatable bonds is 4. The average Bonchev–Trinajstić information content (AvgIpc) is 2.62. The fraction of sp³-hybridized carbons (Fsp3) is 0.200. The Balaban J connectivity index is 2.11. The molecule has 4 nitrogen and oxygen atoms in total. The molecule has 0 aliphatic heterocycles. The first kappa shape index (κ1) is 10.3. The topological polar surface area (TPSA) is 42.2 Å². The summed E-state index contributed by atoms with van der Waals surface area (Å²) in [4.78, 5) is 8.34. The van der Waals surface area contributed by atoms with Crippen molar-refractivity contribution >= 4 is 21.7 Å². The molecule has 2 heterocycles. The lowest BCUT2D eigenvalue weighted by Crippen LogP contribution is -2.15. The first-order chi connectivity index (χ1) is 7.27. The van der Waals surface area contributed by atoms with Crippen LogP contribution in [0.1, 0.15) is 5.69 Å². The van der Waals surface area contributed by atoms with Crippen LogP contribution in [0.4, 0.5) is 0 Å². The van der Waals surface area contributed by atoms with Crippen LogP contribution in [-0.4, -0.2) is 20.9 Å². The highest BCUT2D eigenvalue weighted by atomic mass is 79.9. The Kier molecular flexibility index (Phi) is 3.13. The van der Waals surface area contributed by atoms with E-state index in [4.69, 9.17) is 0 Å². The second kappa shape index (κ2) is 4.55. The molecule has 0 aliphatic carbocycles. The standard InChI is InChI=1S/C10H11BrN4/c1-8(11)5-12-6-9-7-14-10-13-3-2-4-15(9)10/h2-4,7,12H,1,5-6H2. The Bertz CT molecular complexity index is 477. The summed E-state index contributed by atoms with van der Waals surface area (Å²) in [6, 6.07) is 1.89. The van der Waals surface area contributed by atoms with Crippen LogP contribution in [0.25, 0.3) is 5.78 Å². The van der Waals surface area contributed by atoms with Crippen molar-refractivity contribution in [2.24, 2.45) is 0 Å². The SMILES string of the molecule is C=C(Br)CNCc1cnc2ncccn12. The van der Waals surface area contributed by atoms with Crippen LogP contribution in [-0.2, 0) is 6.54 Å². The van der Waals surface area contributed by atoms with E-state index >= 15 is 0 Å². The van der Waals surface area contributed by atoms with Gasteiger partial charge in [-0.2, -0.15) is 0 Å². The molecule has 78 valence electrons. The lowest BCUT2D eigenvalue weighted by molar-refractivity contribution is 0.730. The van der Waals surface area contributed by atoms with Crippen LogP contribution < -0.4 is 5.32 Å². The highest BCUT2D eigenvalue weighted by Gasteiger charge is 2.01. The van der Waals surface area contributed by atoms with Crippen LogP contribution in [0.5, 0.6) is 0 Å². The lowest BCUT2D eigenvalue weighted by atomic mass is 10.4. The van der Waals surface area contributed by atoms with Crippen molar-refractivity contribution < 1.29 is 0 Å². The summed E-state index contributed by atoms with van der Waals surface area (Å²) >= 11 is 3.30. The summed E-state index contributed by atoms with van der Waals surface area (Å²) < 4.78 is 2.90. The van der Waals surface area contributed by atoms with Gasteiger partial charge < -0.3 is 5.32 Å². The number of halogens is 1. The van der Waals surface area contributed by atoms with Crippen LogP contribution >= 0.6 is 15.9 Å². The van der Waals surface area contributed by atoms with Gasteiger partial charge in [0.2, 0.25) is 5.78 Å². The summed E-state index contributed by atoms with van der Waals surface area (Å²) in [5.41, 5.74) is 1.09. The van der Waals surface area contributed by atoms with Crippen molar-refractivity contribution in [1.82, 2.24) is 19.7 Å². The van der Waals surface area contributed by atoms with Gasteiger partial charge >= 0.3 is 0 Å². The summed E-state index contributed by atoms with van der Waals surface area (Å²) in [5.74, 6) is 0.729. The van der Waals surface area contributed by atoms with E-state index in [0.29, 0.717) is 0 Å². The summed E-state index contributed by atoms with van der Waals surface area (Å²) in [7, 11) is 0. The molecule has 2 rings (SSSR count). The molecular formula is C10H11BrN4. The molecule has 2 aromatic rings. The molecular weight excluding hydrogens is 256 g/mol. The van der Waals surface area contributed by atoms with E-state index in [0.717, 1.165) is 29.0 Å². The number of fused-ring (bicyclic) bond motifs is 1. The van der Waals surface area contributed by atoms with E-state index in [2.05, 4.69) is 37.8 Å². The van der Waals surface area contributed by atoms with Crippen molar-refractivity contribution in [1.29, 1.82) is 0 Å². The molecule has 0 bridgehead atoms. The molecule has 0 saturated heterocycles. The number of imidazole rings is 1. The maximum Gasteiger partial charge on any atom is 0.233 e. The van der Waals surface area contributed by atoms with E-state index in [1.165, 1.54) is 0 Å². The van der Waals surface area contributed by atoms with Gasteiger partial charge in [-0.25, -0.2) is 9.97 Å². The Morgan fingerprint density at radius 2 is 2.40 bits per heavy atom. The second-order valence-electron chi connectivity index (χ2n) is 3.16. The third-order valence-electron chi connectivity index (χ3n) is 1.99. The van der Waals surface area contributed by atoms with Crippen molar-refractivity contribution in [2.75, 3.05) is 6.54 Å². The third kappa shape index (κ3) is 2.43. The van der Waals surface area contributed by atoms with Gasteiger partial charge in [0.15, 0.2) is 0 Å². The molecule has 0 radical (unpaired) electrons. The summed E-state index contributed by atoms with van der Waals surface area (Å²) in [6.45, 7) is 5.25. The molecule has 5 heteroatoms. The molecule has 0 saturated carbocycles. The monoisotopic (exact) mass is 266 g/mol. The molecule has 0 unspecified atom stereocenters. The minimum Gasteiger partial charge on any atom is -0.307 e. The molecule has 0 fully saturated rings. The highest BCUT2D eigenvalue weighted by molar-refractivity contribution is 9.11. The van der Waals surface area contributed by atoms with Gasteiger partial charge in [-0.05, 0) is 6.07 Å². The van der Waals surface area contributed by atoms with E-state index in [1.54, 1.807) is 6.20 Å². The van der Waals surface area contributed by atoms with Crippen molar-refractivity contribution in [3.8, 4) is 0 Å². The first-order valence-electron chi connectivity index (χ1n) is 4.58.